The summed E-state index contributed by atoms with van der Waals surface area (Å²) in [6.07, 6.45) is 1.48. The first-order valence-electron chi connectivity index (χ1n) is 8.09. The molecule has 0 amide bonds. The maximum atomic E-state index is 13.9. The van der Waals surface area contributed by atoms with Crippen LogP contribution in [0, 0.1) is 11.6 Å². The summed E-state index contributed by atoms with van der Waals surface area (Å²) in [5.41, 5.74) is -0.944. The van der Waals surface area contributed by atoms with E-state index in [9.17, 15) is 13.9 Å². The average molecular weight is 479 g/mol. The van der Waals surface area contributed by atoms with Gasteiger partial charge in [0.2, 0.25) is 0 Å². The van der Waals surface area contributed by atoms with E-state index in [1.54, 1.807) is 26.0 Å². The largest absolute Gasteiger partial charge is 0.466 e. The number of rotatable bonds is 6. The Morgan fingerprint density at radius 3 is 2.65 bits per heavy atom. The Morgan fingerprint density at radius 1 is 1.35 bits per heavy atom. The highest BCUT2D eigenvalue weighted by Gasteiger charge is 2.26. The fourth-order valence-corrected chi connectivity index (χ4v) is 2.35. The van der Waals surface area contributed by atoms with Gasteiger partial charge in [0.15, 0.2) is 5.96 Å². The fraction of sp³-hybridized carbons (Fsp3) is 0.389. The molecular weight excluding hydrogens is 455 g/mol. The highest BCUT2D eigenvalue weighted by molar-refractivity contribution is 14.0. The van der Waals surface area contributed by atoms with E-state index in [4.69, 9.17) is 4.42 Å². The van der Waals surface area contributed by atoms with Crippen LogP contribution in [0.25, 0.3) is 0 Å². The van der Waals surface area contributed by atoms with Crippen LogP contribution in [0.4, 0.5) is 8.78 Å². The molecule has 8 heteroatoms. The minimum Gasteiger partial charge on any atom is -0.466 e. The van der Waals surface area contributed by atoms with Crippen molar-refractivity contribution in [2.24, 2.45) is 4.99 Å². The number of guanidine groups is 1. The summed E-state index contributed by atoms with van der Waals surface area (Å²) in [7, 11) is 0. The molecule has 0 aliphatic carbocycles. The second kappa shape index (κ2) is 9.86. The molecular formula is C18H24F2IN3O2. The van der Waals surface area contributed by atoms with Crippen LogP contribution >= 0.6 is 24.0 Å². The van der Waals surface area contributed by atoms with E-state index in [1.165, 1.54) is 18.4 Å². The van der Waals surface area contributed by atoms with Crippen molar-refractivity contribution in [3.63, 3.8) is 0 Å². The molecule has 0 radical (unpaired) electrons. The van der Waals surface area contributed by atoms with Crippen molar-refractivity contribution >= 4 is 29.9 Å². The topological polar surface area (TPSA) is 69.8 Å². The lowest BCUT2D eigenvalue weighted by Crippen LogP contribution is -2.40. The third-order valence-electron chi connectivity index (χ3n) is 3.72. The van der Waals surface area contributed by atoms with Crippen molar-refractivity contribution in [1.29, 1.82) is 0 Å². The van der Waals surface area contributed by atoms with Gasteiger partial charge in [-0.15, -0.1) is 24.0 Å². The smallest absolute Gasteiger partial charge is 0.191 e. The van der Waals surface area contributed by atoms with Crippen LogP contribution in [0.1, 0.15) is 38.1 Å². The van der Waals surface area contributed by atoms with E-state index < -0.39 is 23.3 Å². The van der Waals surface area contributed by atoms with Gasteiger partial charge in [-0.3, -0.25) is 0 Å². The van der Waals surface area contributed by atoms with Gasteiger partial charge in [-0.1, -0.05) is 6.07 Å². The number of hydrogen-bond donors (Lipinski definition) is 3. The third kappa shape index (κ3) is 5.94. The number of aliphatic imine (C=N–C) groups is 1. The van der Waals surface area contributed by atoms with Crippen LogP contribution in [0.3, 0.4) is 0 Å². The van der Waals surface area contributed by atoms with Crippen LogP contribution in [-0.2, 0) is 5.60 Å². The molecule has 0 saturated carbocycles. The lowest BCUT2D eigenvalue weighted by Gasteiger charge is -2.22. The maximum absolute atomic E-state index is 13.9. The van der Waals surface area contributed by atoms with E-state index >= 15 is 0 Å². The van der Waals surface area contributed by atoms with Crippen LogP contribution in [0.15, 0.2) is 46.0 Å². The van der Waals surface area contributed by atoms with Crippen molar-refractivity contribution in [2.45, 2.75) is 32.4 Å². The van der Waals surface area contributed by atoms with Crippen LogP contribution in [0.2, 0.25) is 0 Å². The molecule has 0 aliphatic rings. The summed E-state index contributed by atoms with van der Waals surface area (Å²) in [6, 6.07) is 6.38. The minimum absolute atomic E-state index is 0. The normalized spacial score (nSPS) is 14.9. The lowest BCUT2D eigenvalue weighted by atomic mass is 10.0. The van der Waals surface area contributed by atoms with E-state index in [0.29, 0.717) is 23.8 Å². The molecule has 1 heterocycles. The molecule has 0 aliphatic heterocycles. The number of nitrogens with zero attached hydrogens (tertiary/aromatic N) is 1. The summed E-state index contributed by atoms with van der Waals surface area (Å²) in [5, 5.41) is 16.5. The zero-order valence-corrected chi connectivity index (χ0v) is 17.3. The molecule has 2 aromatic rings. The first kappa shape index (κ1) is 22.4. The van der Waals surface area contributed by atoms with Gasteiger partial charge in [0.25, 0.3) is 0 Å². The Labute approximate surface area is 168 Å². The fourth-order valence-electron chi connectivity index (χ4n) is 2.35. The van der Waals surface area contributed by atoms with Crippen LogP contribution in [-0.4, -0.2) is 24.2 Å². The minimum atomic E-state index is -1.27. The number of hydrogen-bond acceptors (Lipinski definition) is 3. The molecule has 0 spiro atoms. The molecule has 2 unspecified atom stereocenters. The molecule has 1 aromatic carbocycles. The van der Waals surface area contributed by atoms with Gasteiger partial charge >= 0.3 is 0 Å². The van der Waals surface area contributed by atoms with Crippen molar-refractivity contribution in [1.82, 2.24) is 10.6 Å². The number of aliphatic hydroxyl groups is 1. The van der Waals surface area contributed by atoms with Gasteiger partial charge in [-0.25, -0.2) is 13.8 Å². The Morgan fingerprint density at radius 2 is 2.08 bits per heavy atom. The number of benzene rings is 1. The van der Waals surface area contributed by atoms with Crippen LogP contribution in [0.5, 0.6) is 0 Å². The van der Waals surface area contributed by atoms with Crippen molar-refractivity contribution in [3.8, 4) is 0 Å². The number of nitrogens with one attached hydrogen (secondary N) is 2. The summed E-state index contributed by atoms with van der Waals surface area (Å²) >= 11 is 0. The molecule has 2 atom stereocenters. The van der Waals surface area contributed by atoms with E-state index in [0.717, 1.165) is 6.07 Å². The predicted octanol–water partition coefficient (Wildman–Crippen LogP) is 3.70. The summed E-state index contributed by atoms with van der Waals surface area (Å²) in [6.45, 7) is 5.88. The molecule has 2 rings (SSSR count). The van der Waals surface area contributed by atoms with Crippen molar-refractivity contribution in [2.75, 3.05) is 13.1 Å². The van der Waals surface area contributed by atoms with E-state index in [-0.39, 0.29) is 30.5 Å². The second-order valence-electron chi connectivity index (χ2n) is 5.98. The second-order valence-corrected chi connectivity index (χ2v) is 5.98. The number of furan rings is 1. The zero-order valence-electron chi connectivity index (χ0n) is 14.9. The molecule has 0 saturated heterocycles. The molecule has 26 heavy (non-hydrogen) atoms. The van der Waals surface area contributed by atoms with Gasteiger partial charge in [0.05, 0.1) is 18.8 Å². The number of halogens is 3. The highest BCUT2D eigenvalue weighted by atomic mass is 127. The Hall–Kier alpha value is -1.68. The van der Waals surface area contributed by atoms with Gasteiger partial charge in [-0.05, 0) is 39.0 Å². The first-order valence-corrected chi connectivity index (χ1v) is 8.09. The van der Waals surface area contributed by atoms with E-state index in [2.05, 4.69) is 15.6 Å². The molecule has 144 valence electrons. The Kier molecular flexibility index (Phi) is 8.48. The standard InChI is InChI=1S/C18H23F2N3O2.HI/c1-4-21-17(22-11-18(3,24)16-6-5-9-25-16)23-12(2)14-8-7-13(19)10-15(14)20;/h5-10,12,24H,4,11H2,1-3H3,(H2,21,22,23);1H. The summed E-state index contributed by atoms with van der Waals surface area (Å²) in [5.74, 6) is -0.433. The summed E-state index contributed by atoms with van der Waals surface area (Å²) in [4.78, 5) is 4.34. The van der Waals surface area contributed by atoms with Gasteiger partial charge in [0.1, 0.15) is 23.0 Å². The SMILES string of the molecule is CCNC(=NCC(C)(O)c1ccco1)NC(C)c1ccc(F)cc1F.I. The van der Waals surface area contributed by atoms with Crippen molar-refractivity contribution in [3.05, 3.63) is 59.6 Å². The monoisotopic (exact) mass is 479 g/mol. The maximum Gasteiger partial charge on any atom is 0.191 e. The quantitative estimate of drug-likeness (QED) is 0.336. The first-order chi connectivity index (χ1) is 11.8. The van der Waals surface area contributed by atoms with Crippen molar-refractivity contribution < 1.29 is 18.3 Å². The zero-order chi connectivity index (χ0) is 18.4. The molecule has 5 nitrogen and oxygen atoms in total. The third-order valence-corrected chi connectivity index (χ3v) is 3.72. The van der Waals surface area contributed by atoms with Gasteiger partial charge < -0.3 is 20.2 Å². The highest BCUT2D eigenvalue weighted by Crippen LogP contribution is 2.21. The molecule has 0 bridgehead atoms. The molecule has 1 aromatic heterocycles. The lowest BCUT2D eigenvalue weighted by molar-refractivity contribution is 0.0436. The summed E-state index contributed by atoms with van der Waals surface area (Å²) < 4.78 is 32.2. The Balaban J connectivity index is 0.00000338. The van der Waals surface area contributed by atoms with Gasteiger partial charge in [0, 0.05) is 18.2 Å². The van der Waals surface area contributed by atoms with Crippen LogP contribution < -0.4 is 10.6 Å². The molecule has 3 N–H and O–H groups in total. The van der Waals surface area contributed by atoms with E-state index in [1.807, 2.05) is 6.92 Å². The van der Waals surface area contributed by atoms with Gasteiger partial charge in [-0.2, -0.15) is 0 Å². The molecule has 0 fully saturated rings. The predicted molar refractivity (Wildman–Crippen MR) is 108 cm³/mol. The average Bonchev–Trinajstić information content (AvgIpc) is 3.08. The Bertz CT molecular complexity index is 721.